The summed E-state index contributed by atoms with van der Waals surface area (Å²) in [6, 6.07) is 12.3. The van der Waals surface area contributed by atoms with E-state index >= 15 is 0 Å². The van der Waals surface area contributed by atoms with Crippen LogP contribution in [0.3, 0.4) is 0 Å². The molecular weight excluding hydrogens is 254 g/mol. The Morgan fingerprint density at radius 3 is 2.80 bits per heavy atom. The van der Waals surface area contributed by atoms with Gasteiger partial charge in [-0.1, -0.05) is 18.2 Å². The summed E-state index contributed by atoms with van der Waals surface area (Å²) in [7, 11) is 0. The van der Waals surface area contributed by atoms with Crippen molar-refractivity contribution in [1.29, 1.82) is 0 Å². The lowest BCUT2D eigenvalue weighted by molar-refractivity contribution is -0.119. The van der Waals surface area contributed by atoms with Crippen LogP contribution in [0.2, 0.25) is 0 Å². The van der Waals surface area contributed by atoms with Crippen molar-refractivity contribution in [2.75, 3.05) is 6.54 Å². The number of hydrogen-bond acceptors (Lipinski definition) is 4. The van der Waals surface area contributed by atoms with E-state index < -0.39 is 0 Å². The summed E-state index contributed by atoms with van der Waals surface area (Å²) in [6.07, 6.45) is 3.16. The zero-order valence-corrected chi connectivity index (χ0v) is 10.9. The Balaban J connectivity index is 1.79. The van der Waals surface area contributed by atoms with Crippen molar-refractivity contribution in [3.05, 3.63) is 59.9 Å². The first-order valence-corrected chi connectivity index (χ1v) is 6.20. The number of phenols is 1. The number of aromatic nitrogens is 1. The summed E-state index contributed by atoms with van der Waals surface area (Å²) in [5.74, 6) is -0.0486. The van der Waals surface area contributed by atoms with E-state index in [1.54, 1.807) is 30.5 Å². The molecule has 0 aliphatic carbocycles. The average Bonchev–Trinajstić information content (AvgIpc) is 2.48. The van der Waals surface area contributed by atoms with Gasteiger partial charge in [0.2, 0.25) is 5.91 Å². The number of benzene rings is 1. The highest BCUT2D eigenvalue weighted by Crippen LogP contribution is 2.12. The third-order valence-electron chi connectivity index (χ3n) is 2.59. The van der Waals surface area contributed by atoms with Crippen LogP contribution in [0, 0.1) is 0 Å². The molecule has 1 aromatic heterocycles. The Kier molecular flexibility index (Phi) is 4.83. The Morgan fingerprint density at radius 2 is 2.05 bits per heavy atom. The van der Waals surface area contributed by atoms with Gasteiger partial charge in [0.15, 0.2) is 0 Å². The summed E-state index contributed by atoms with van der Waals surface area (Å²) >= 11 is 0. The van der Waals surface area contributed by atoms with Gasteiger partial charge in [0.25, 0.3) is 0 Å². The van der Waals surface area contributed by atoms with E-state index in [1.807, 2.05) is 18.2 Å². The molecular formula is C15H15N3O2. The highest BCUT2D eigenvalue weighted by atomic mass is 16.3. The molecule has 1 amide bonds. The molecule has 0 saturated carbocycles. The lowest BCUT2D eigenvalue weighted by Crippen LogP contribution is -2.25. The van der Waals surface area contributed by atoms with Gasteiger partial charge in [-0.3, -0.25) is 14.8 Å². The van der Waals surface area contributed by atoms with E-state index in [-0.39, 0.29) is 18.2 Å². The molecule has 0 spiro atoms. The number of carbonyl (C=O) groups is 1. The molecule has 0 atom stereocenters. The minimum absolute atomic E-state index is 0.0150. The zero-order valence-electron chi connectivity index (χ0n) is 10.9. The van der Waals surface area contributed by atoms with Gasteiger partial charge in [-0.2, -0.15) is 0 Å². The molecule has 0 radical (unpaired) electrons. The molecule has 1 heterocycles. The molecule has 0 fully saturated rings. The van der Waals surface area contributed by atoms with E-state index in [9.17, 15) is 9.90 Å². The predicted octanol–water partition coefficient (Wildman–Crippen LogP) is 1.52. The lowest BCUT2D eigenvalue weighted by atomic mass is 10.2. The van der Waals surface area contributed by atoms with Crippen molar-refractivity contribution < 1.29 is 9.90 Å². The standard InChI is InChI=1S/C15H15N3O2/c19-14-7-2-1-5-12(14)9-16-11-15(20)18-10-13-6-3-4-8-17-13/h1-9,19H,10-11H2,(H,18,20). The predicted molar refractivity (Wildman–Crippen MR) is 76.7 cm³/mol. The second-order valence-corrected chi connectivity index (χ2v) is 4.13. The number of rotatable bonds is 5. The van der Waals surface area contributed by atoms with Crippen LogP contribution in [-0.4, -0.2) is 28.8 Å². The lowest BCUT2D eigenvalue weighted by Gasteiger charge is -2.02. The molecule has 5 heteroatoms. The van der Waals surface area contributed by atoms with Gasteiger partial charge in [-0.15, -0.1) is 0 Å². The summed E-state index contributed by atoms with van der Waals surface area (Å²) in [5.41, 5.74) is 1.38. The number of nitrogens with one attached hydrogen (secondary N) is 1. The monoisotopic (exact) mass is 269 g/mol. The SMILES string of the molecule is O=C(CN=Cc1ccccc1O)NCc1ccccn1. The molecule has 2 N–H and O–H groups in total. The topological polar surface area (TPSA) is 74.6 Å². The van der Waals surface area contributed by atoms with Gasteiger partial charge in [-0.05, 0) is 24.3 Å². The third kappa shape index (κ3) is 4.20. The number of pyridine rings is 1. The molecule has 2 rings (SSSR count). The molecule has 0 bridgehead atoms. The van der Waals surface area contributed by atoms with Crippen molar-refractivity contribution in [3.8, 4) is 5.75 Å². The number of nitrogens with zero attached hydrogens (tertiary/aromatic N) is 2. The van der Waals surface area contributed by atoms with Crippen molar-refractivity contribution in [1.82, 2.24) is 10.3 Å². The normalized spacial score (nSPS) is 10.6. The average molecular weight is 269 g/mol. The van der Waals surface area contributed by atoms with Crippen LogP contribution >= 0.6 is 0 Å². The smallest absolute Gasteiger partial charge is 0.241 e. The first kappa shape index (κ1) is 13.7. The van der Waals surface area contributed by atoms with Crippen LogP contribution in [0.15, 0.2) is 53.7 Å². The maximum atomic E-state index is 11.6. The van der Waals surface area contributed by atoms with Gasteiger partial charge < -0.3 is 10.4 Å². The van der Waals surface area contributed by atoms with Gasteiger partial charge in [0.1, 0.15) is 12.3 Å². The van der Waals surface area contributed by atoms with Crippen LogP contribution < -0.4 is 5.32 Å². The van der Waals surface area contributed by atoms with Crippen molar-refractivity contribution in [3.63, 3.8) is 0 Å². The number of para-hydroxylation sites is 1. The fourth-order valence-corrected chi connectivity index (χ4v) is 1.57. The second-order valence-electron chi connectivity index (χ2n) is 4.13. The summed E-state index contributed by atoms with van der Waals surface area (Å²) in [5, 5.41) is 12.2. The van der Waals surface area contributed by atoms with Crippen LogP contribution in [0.5, 0.6) is 5.75 Å². The van der Waals surface area contributed by atoms with Gasteiger partial charge >= 0.3 is 0 Å². The van der Waals surface area contributed by atoms with E-state index in [1.165, 1.54) is 6.21 Å². The molecule has 5 nitrogen and oxygen atoms in total. The molecule has 1 aromatic carbocycles. The number of carbonyl (C=O) groups excluding carboxylic acids is 1. The van der Waals surface area contributed by atoms with Crippen LogP contribution in [0.1, 0.15) is 11.3 Å². The fraction of sp³-hybridized carbons (Fsp3) is 0.133. The summed E-state index contributed by atoms with van der Waals surface area (Å²) in [4.78, 5) is 19.7. The number of aromatic hydroxyl groups is 1. The Bertz CT molecular complexity index is 597. The summed E-state index contributed by atoms with van der Waals surface area (Å²) in [6.45, 7) is 0.396. The van der Waals surface area contributed by atoms with E-state index in [4.69, 9.17) is 0 Å². The van der Waals surface area contributed by atoms with Crippen LogP contribution in [0.4, 0.5) is 0 Å². The summed E-state index contributed by atoms with van der Waals surface area (Å²) < 4.78 is 0. The molecule has 0 saturated heterocycles. The minimum atomic E-state index is -0.192. The second kappa shape index (κ2) is 7.04. The maximum Gasteiger partial charge on any atom is 0.241 e. The molecule has 20 heavy (non-hydrogen) atoms. The molecule has 0 aliphatic rings. The van der Waals surface area contributed by atoms with Gasteiger partial charge in [0, 0.05) is 18.0 Å². The number of hydrogen-bond donors (Lipinski definition) is 2. The maximum absolute atomic E-state index is 11.6. The molecule has 102 valence electrons. The highest BCUT2D eigenvalue weighted by Gasteiger charge is 2.00. The third-order valence-corrected chi connectivity index (χ3v) is 2.59. The molecule has 2 aromatic rings. The zero-order chi connectivity index (χ0) is 14.2. The van der Waals surface area contributed by atoms with Gasteiger partial charge in [-0.25, -0.2) is 0 Å². The molecule has 0 aliphatic heterocycles. The van der Waals surface area contributed by atoms with Crippen molar-refractivity contribution in [2.24, 2.45) is 4.99 Å². The first-order chi connectivity index (χ1) is 9.75. The Morgan fingerprint density at radius 1 is 1.25 bits per heavy atom. The van der Waals surface area contributed by atoms with Gasteiger partial charge in [0.05, 0.1) is 12.2 Å². The number of amides is 1. The quantitative estimate of drug-likeness (QED) is 0.808. The Hall–Kier alpha value is -2.69. The molecule has 0 unspecified atom stereocenters. The fourth-order valence-electron chi connectivity index (χ4n) is 1.57. The van der Waals surface area contributed by atoms with Crippen LogP contribution in [-0.2, 0) is 11.3 Å². The Labute approximate surface area is 117 Å². The number of aliphatic imine (C=N–C) groups is 1. The van der Waals surface area contributed by atoms with Crippen molar-refractivity contribution in [2.45, 2.75) is 6.54 Å². The van der Waals surface area contributed by atoms with Crippen LogP contribution in [0.25, 0.3) is 0 Å². The number of phenolic OH excluding ortho intramolecular Hbond substituents is 1. The van der Waals surface area contributed by atoms with Crippen molar-refractivity contribution >= 4 is 12.1 Å². The highest BCUT2D eigenvalue weighted by molar-refractivity contribution is 5.86. The largest absolute Gasteiger partial charge is 0.507 e. The first-order valence-electron chi connectivity index (χ1n) is 6.20. The van der Waals surface area contributed by atoms with E-state index in [0.29, 0.717) is 12.1 Å². The van der Waals surface area contributed by atoms with E-state index in [2.05, 4.69) is 15.3 Å². The van der Waals surface area contributed by atoms with E-state index in [0.717, 1.165) is 5.69 Å². The minimum Gasteiger partial charge on any atom is -0.507 e.